The van der Waals surface area contributed by atoms with Crippen LogP contribution >= 0.6 is 0 Å². The summed E-state index contributed by atoms with van der Waals surface area (Å²) >= 11 is 0. The zero-order chi connectivity index (χ0) is 13.8. The molecule has 0 aliphatic carbocycles. The Hall–Kier alpha value is -1.24. The standard InChI is InChI=1S/C11H18F3N3O/c1-8(2)15-6-9-7-18-10(16-9)17(3)5-4-11(12,13)14/h7-8,15H,4-6H2,1-3H3. The van der Waals surface area contributed by atoms with Crippen molar-refractivity contribution in [2.45, 2.75) is 39.0 Å². The molecule has 0 unspecified atom stereocenters. The SMILES string of the molecule is CC(C)NCc1coc(N(C)CCC(F)(F)F)n1. The molecule has 0 radical (unpaired) electrons. The molecule has 0 spiro atoms. The maximum atomic E-state index is 12.1. The Morgan fingerprint density at radius 1 is 1.44 bits per heavy atom. The minimum absolute atomic E-state index is 0.166. The highest BCUT2D eigenvalue weighted by molar-refractivity contribution is 5.25. The van der Waals surface area contributed by atoms with Crippen molar-refractivity contribution in [2.75, 3.05) is 18.5 Å². The zero-order valence-corrected chi connectivity index (χ0v) is 10.7. The van der Waals surface area contributed by atoms with E-state index in [4.69, 9.17) is 4.42 Å². The van der Waals surface area contributed by atoms with Crippen LogP contribution in [-0.2, 0) is 6.54 Å². The van der Waals surface area contributed by atoms with E-state index in [2.05, 4.69) is 10.3 Å². The van der Waals surface area contributed by atoms with Gasteiger partial charge < -0.3 is 14.6 Å². The van der Waals surface area contributed by atoms with E-state index in [0.717, 1.165) is 0 Å². The highest BCUT2D eigenvalue weighted by atomic mass is 19.4. The summed E-state index contributed by atoms with van der Waals surface area (Å²) in [5.41, 5.74) is 0.678. The van der Waals surface area contributed by atoms with Crippen molar-refractivity contribution < 1.29 is 17.6 Å². The molecule has 4 nitrogen and oxygen atoms in total. The van der Waals surface area contributed by atoms with E-state index >= 15 is 0 Å². The number of oxazole rings is 1. The topological polar surface area (TPSA) is 41.3 Å². The van der Waals surface area contributed by atoms with Gasteiger partial charge in [0, 0.05) is 26.2 Å². The number of aromatic nitrogens is 1. The molecule has 0 saturated heterocycles. The van der Waals surface area contributed by atoms with Gasteiger partial charge in [-0.2, -0.15) is 18.2 Å². The maximum Gasteiger partial charge on any atom is 0.390 e. The number of rotatable bonds is 6. The molecule has 0 bridgehead atoms. The van der Waals surface area contributed by atoms with Gasteiger partial charge in [0.2, 0.25) is 0 Å². The van der Waals surface area contributed by atoms with Gasteiger partial charge in [-0.15, -0.1) is 0 Å². The molecular formula is C11H18F3N3O. The van der Waals surface area contributed by atoms with Crippen LogP contribution in [0.15, 0.2) is 10.7 Å². The third-order valence-corrected chi connectivity index (χ3v) is 2.29. The van der Waals surface area contributed by atoms with E-state index in [1.165, 1.54) is 18.2 Å². The first kappa shape index (κ1) is 14.8. The number of halogens is 3. The van der Waals surface area contributed by atoms with E-state index in [9.17, 15) is 13.2 Å². The van der Waals surface area contributed by atoms with Gasteiger partial charge in [0.15, 0.2) is 0 Å². The van der Waals surface area contributed by atoms with E-state index in [1.807, 2.05) is 13.8 Å². The molecule has 0 aromatic carbocycles. The average molecular weight is 265 g/mol. The summed E-state index contributed by atoms with van der Waals surface area (Å²) in [5.74, 6) is 0. The molecule has 104 valence electrons. The summed E-state index contributed by atoms with van der Waals surface area (Å²) < 4.78 is 41.3. The molecule has 7 heteroatoms. The average Bonchev–Trinajstić information content (AvgIpc) is 2.70. The first-order chi connectivity index (χ1) is 8.28. The van der Waals surface area contributed by atoms with Gasteiger partial charge in [0.25, 0.3) is 6.01 Å². The van der Waals surface area contributed by atoms with Gasteiger partial charge in [-0.3, -0.25) is 0 Å². The number of hydrogen-bond donors (Lipinski definition) is 1. The number of anilines is 1. The minimum atomic E-state index is -4.16. The quantitative estimate of drug-likeness (QED) is 0.858. The summed E-state index contributed by atoms with van der Waals surface area (Å²) in [6.07, 6.45) is -3.59. The van der Waals surface area contributed by atoms with Crippen molar-refractivity contribution in [2.24, 2.45) is 0 Å². The molecule has 1 heterocycles. The van der Waals surface area contributed by atoms with Crippen molar-refractivity contribution >= 4 is 6.01 Å². The third-order valence-electron chi connectivity index (χ3n) is 2.29. The minimum Gasteiger partial charge on any atom is -0.432 e. The molecule has 1 rings (SSSR count). The van der Waals surface area contributed by atoms with Crippen LogP contribution in [0, 0.1) is 0 Å². The second-order valence-corrected chi connectivity index (χ2v) is 4.44. The van der Waals surface area contributed by atoms with E-state index in [0.29, 0.717) is 18.3 Å². The highest BCUT2D eigenvalue weighted by Gasteiger charge is 2.27. The lowest BCUT2D eigenvalue weighted by Gasteiger charge is -2.15. The Labute approximate surface area is 104 Å². The smallest absolute Gasteiger partial charge is 0.390 e. The van der Waals surface area contributed by atoms with Crippen molar-refractivity contribution in [3.63, 3.8) is 0 Å². The van der Waals surface area contributed by atoms with Crippen LogP contribution in [0.5, 0.6) is 0 Å². The summed E-state index contributed by atoms with van der Waals surface area (Å²) in [6, 6.07) is 0.521. The van der Waals surface area contributed by atoms with Crippen LogP contribution in [0.4, 0.5) is 19.2 Å². The zero-order valence-electron chi connectivity index (χ0n) is 10.7. The number of nitrogens with zero attached hydrogens (tertiary/aromatic N) is 2. The lowest BCUT2D eigenvalue weighted by atomic mass is 10.4. The normalized spacial score (nSPS) is 12.2. The monoisotopic (exact) mass is 265 g/mol. The second kappa shape index (κ2) is 6.08. The lowest BCUT2D eigenvalue weighted by molar-refractivity contribution is -0.132. The molecular weight excluding hydrogens is 247 g/mol. The van der Waals surface area contributed by atoms with Crippen LogP contribution in [0.2, 0.25) is 0 Å². The molecule has 18 heavy (non-hydrogen) atoms. The highest BCUT2D eigenvalue weighted by Crippen LogP contribution is 2.21. The van der Waals surface area contributed by atoms with Gasteiger partial charge in [-0.05, 0) is 0 Å². The fourth-order valence-electron chi connectivity index (χ4n) is 1.25. The fraction of sp³-hybridized carbons (Fsp3) is 0.727. The second-order valence-electron chi connectivity index (χ2n) is 4.44. The van der Waals surface area contributed by atoms with E-state index < -0.39 is 12.6 Å². The number of hydrogen-bond acceptors (Lipinski definition) is 4. The first-order valence-electron chi connectivity index (χ1n) is 5.73. The van der Waals surface area contributed by atoms with Crippen LogP contribution in [0.1, 0.15) is 26.0 Å². The Kier molecular flexibility index (Phi) is 5.01. The molecule has 1 aromatic rings. The lowest BCUT2D eigenvalue weighted by Crippen LogP contribution is -2.24. The van der Waals surface area contributed by atoms with Gasteiger partial charge in [0.05, 0.1) is 12.1 Å². The Bertz CT molecular complexity index is 363. The Morgan fingerprint density at radius 2 is 2.11 bits per heavy atom. The Balaban J connectivity index is 2.46. The molecule has 0 aliphatic heterocycles. The maximum absolute atomic E-state index is 12.1. The molecule has 0 atom stereocenters. The van der Waals surface area contributed by atoms with Crippen LogP contribution < -0.4 is 10.2 Å². The molecule has 0 fully saturated rings. The molecule has 0 amide bonds. The van der Waals surface area contributed by atoms with Gasteiger partial charge in [-0.25, -0.2) is 0 Å². The molecule has 0 saturated carbocycles. The van der Waals surface area contributed by atoms with Crippen LogP contribution in [-0.4, -0.2) is 30.8 Å². The largest absolute Gasteiger partial charge is 0.432 e. The van der Waals surface area contributed by atoms with Gasteiger partial charge in [-0.1, -0.05) is 13.8 Å². The van der Waals surface area contributed by atoms with Crippen LogP contribution in [0.25, 0.3) is 0 Å². The predicted octanol–water partition coefficient (Wildman–Crippen LogP) is 2.56. The Morgan fingerprint density at radius 3 is 2.67 bits per heavy atom. The summed E-state index contributed by atoms with van der Waals surface area (Å²) in [7, 11) is 1.53. The van der Waals surface area contributed by atoms with Gasteiger partial charge in [0.1, 0.15) is 6.26 Å². The van der Waals surface area contributed by atoms with Crippen LogP contribution in [0.3, 0.4) is 0 Å². The molecule has 1 aromatic heterocycles. The summed E-state index contributed by atoms with van der Waals surface area (Å²) in [4.78, 5) is 5.47. The number of nitrogens with one attached hydrogen (secondary N) is 1. The van der Waals surface area contributed by atoms with Crippen molar-refractivity contribution in [1.29, 1.82) is 0 Å². The number of alkyl halides is 3. The van der Waals surface area contributed by atoms with Crippen molar-refractivity contribution in [1.82, 2.24) is 10.3 Å². The summed E-state index contributed by atoms with van der Waals surface area (Å²) in [6.45, 7) is 4.36. The summed E-state index contributed by atoms with van der Waals surface area (Å²) in [5, 5.41) is 3.15. The predicted molar refractivity (Wildman–Crippen MR) is 62.4 cm³/mol. The third kappa shape index (κ3) is 5.39. The van der Waals surface area contributed by atoms with Crippen molar-refractivity contribution in [3.05, 3.63) is 12.0 Å². The van der Waals surface area contributed by atoms with E-state index in [1.54, 1.807) is 0 Å². The molecule has 1 N–H and O–H groups in total. The molecule has 0 aliphatic rings. The van der Waals surface area contributed by atoms with Gasteiger partial charge >= 0.3 is 6.18 Å². The fourth-order valence-corrected chi connectivity index (χ4v) is 1.25. The first-order valence-corrected chi connectivity index (χ1v) is 5.73. The van der Waals surface area contributed by atoms with E-state index in [-0.39, 0.29) is 12.6 Å². The van der Waals surface area contributed by atoms with Crippen molar-refractivity contribution in [3.8, 4) is 0 Å².